The number of carboxylic acids is 1. The zero-order valence-electron chi connectivity index (χ0n) is 8.65. The van der Waals surface area contributed by atoms with Gasteiger partial charge in [-0.3, -0.25) is 0 Å². The number of unbranched alkanes of at least 4 members (excludes halogenated alkanes) is 1. The molecule has 88 valence electrons. The summed E-state index contributed by atoms with van der Waals surface area (Å²) in [6.45, 7) is 0.196. The number of aliphatic hydroxyl groups is 1. The van der Waals surface area contributed by atoms with Gasteiger partial charge in [0.2, 0.25) is 0 Å². The molecule has 0 atom stereocenters. The molecule has 0 aliphatic rings. The molecule has 0 aliphatic carbocycles. The third-order valence-corrected chi connectivity index (χ3v) is 3.40. The number of aliphatic hydroxyl groups excluding tert-OH is 1. The van der Waals surface area contributed by atoms with Gasteiger partial charge in [-0.25, -0.2) is 4.79 Å². The lowest BCUT2D eigenvalue weighted by atomic mass is 10.2. The molecule has 5 heteroatoms. The van der Waals surface area contributed by atoms with Gasteiger partial charge < -0.3 is 10.2 Å². The fourth-order valence-corrected chi connectivity index (χ4v) is 2.31. The molecule has 0 spiro atoms. The second-order valence-electron chi connectivity index (χ2n) is 3.23. The van der Waals surface area contributed by atoms with E-state index in [1.165, 1.54) is 0 Å². The molecular weight excluding hydrogens is 248 g/mol. The first kappa shape index (κ1) is 13.4. The van der Waals surface area contributed by atoms with Gasteiger partial charge in [-0.1, -0.05) is 11.6 Å². The summed E-state index contributed by atoms with van der Waals surface area (Å²) in [4.78, 5) is 11.7. The lowest BCUT2D eigenvalue weighted by molar-refractivity contribution is 0.0697. The van der Waals surface area contributed by atoms with Crippen molar-refractivity contribution in [2.75, 3.05) is 12.4 Å². The lowest BCUT2D eigenvalue weighted by Crippen LogP contribution is -1.97. The van der Waals surface area contributed by atoms with E-state index >= 15 is 0 Å². The zero-order valence-corrected chi connectivity index (χ0v) is 10.2. The smallest absolute Gasteiger partial charge is 0.337 e. The molecule has 0 radical (unpaired) electrons. The molecule has 0 saturated carbocycles. The maximum atomic E-state index is 10.8. The van der Waals surface area contributed by atoms with Crippen LogP contribution in [0, 0.1) is 0 Å². The summed E-state index contributed by atoms with van der Waals surface area (Å²) in [7, 11) is 0. The van der Waals surface area contributed by atoms with Crippen LogP contribution in [-0.4, -0.2) is 28.5 Å². The van der Waals surface area contributed by atoms with Gasteiger partial charge in [0.15, 0.2) is 0 Å². The molecule has 1 rings (SSSR count). The average molecular weight is 261 g/mol. The Bertz CT molecular complexity index is 368. The highest BCUT2D eigenvalue weighted by Crippen LogP contribution is 2.25. The summed E-state index contributed by atoms with van der Waals surface area (Å²) >= 11 is 7.32. The van der Waals surface area contributed by atoms with E-state index < -0.39 is 5.97 Å². The van der Waals surface area contributed by atoms with Crippen molar-refractivity contribution in [1.82, 2.24) is 0 Å². The highest BCUT2D eigenvalue weighted by Gasteiger charge is 2.09. The van der Waals surface area contributed by atoms with Crippen LogP contribution in [0.5, 0.6) is 0 Å². The van der Waals surface area contributed by atoms with Gasteiger partial charge in [0.25, 0.3) is 0 Å². The zero-order chi connectivity index (χ0) is 12.0. The van der Waals surface area contributed by atoms with Crippen molar-refractivity contribution in [2.45, 2.75) is 17.7 Å². The molecule has 0 amide bonds. The maximum Gasteiger partial charge on any atom is 0.337 e. The van der Waals surface area contributed by atoms with Crippen LogP contribution in [0.4, 0.5) is 0 Å². The van der Waals surface area contributed by atoms with Gasteiger partial charge in [0.05, 0.1) is 10.6 Å². The molecule has 0 saturated heterocycles. The van der Waals surface area contributed by atoms with Crippen molar-refractivity contribution < 1.29 is 15.0 Å². The quantitative estimate of drug-likeness (QED) is 0.610. The third-order valence-electron chi connectivity index (χ3n) is 1.99. The van der Waals surface area contributed by atoms with Gasteiger partial charge in [-0.05, 0) is 36.8 Å². The topological polar surface area (TPSA) is 57.5 Å². The standard InChI is InChI=1S/C11H13ClO3S/c12-10-4-3-8(7-9(10)11(14)15)16-6-2-1-5-13/h3-4,7,13H,1-2,5-6H2,(H,14,15). The number of aromatic carboxylic acids is 1. The van der Waals surface area contributed by atoms with Crippen LogP contribution >= 0.6 is 23.4 Å². The molecule has 3 nitrogen and oxygen atoms in total. The van der Waals surface area contributed by atoms with E-state index in [0.29, 0.717) is 0 Å². The van der Waals surface area contributed by atoms with E-state index in [1.807, 2.05) is 0 Å². The van der Waals surface area contributed by atoms with Crippen molar-refractivity contribution in [3.63, 3.8) is 0 Å². The Kier molecular flexibility index (Phi) is 5.66. The first-order valence-corrected chi connectivity index (χ1v) is 6.28. The minimum Gasteiger partial charge on any atom is -0.478 e. The first-order valence-electron chi connectivity index (χ1n) is 4.91. The predicted octanol–water partition coefficient (Wildman–Crippen LogP) is 2.90. The van der Waals surface area contributed by atoms with Crippen LogP contribution in [0.3, 0.4) is 0 Å². The Hall–Kier alpha value is -0.710. The number of rotatable bonds is 6. The number of hydrogen-bond donors (Lipinski definition) is 2. The van der Waals surface area contributed by atoms with E-state index in [9.17, 15) is 4.79 Å². The van der Waals surface area contributed by atoms with Crippen molar-refractivity contribution in [3.05, 3.63) is 28.8 Å². The molecule has 0 aliphatic heterocycles. The average Bonchev–Trinajstić information content (AvgIpc) is 2.26. The van der Waals surface area contributed by atoms with Crippen LogP contribution in [-0.2, 0) is 0 Å². The maximum absolute atomic E-state index is 10.8. The number of halogens is 1. The van der Waals surface area contributed by atoms with Gasteiger partial charge in [0.1, 0.15) is 0 Å². The molecule has 2 N–H and O–H groups in total. The van der Waals surface area contributed by atoms with Crippen LogP contribution in [0.2, 0.25) is 5.02 Å². The second kappa shape index (κ2) is 6.78. The van der Waals surface area contributed by atoms with Crippen molar-refractivity contribution in [2.24, 2.45) is 0 Å². The summed E-state index contributed by atoms with van der Waals surface area (Å²) < 4.78 is 0. The van der Waals surface area contributed by atoms with E-state index in [-0.39, 0.29) is 17.2 Å². The molecule has 0 aromatic heterocycles. The highest BCUT2D eigenvalue weighted by molar-refractivity contribution is 7.99. The van der Waals surface area contributed by atoms with Crippen molar-refractivity contribution in [1.29, 1.82) is 0 Å². The van der Waals surface area contributed by atoms with E-state index in [1.54, 1.807) is 30.0 Å². The summed E-state index contributed by atoms with van der Waals surface area (Å²) in [6.07, 6.45) is 1.68. The summed E-state index contributed by atoms with van der Waals surface area (Å²) in [5.41, 5.74) is 0.133. The number of hydrogen-bond acceptors (Lipinski definition) is 3. The van der Waals surface area contributed by atoms with Gasteiger partial charge >= 0.3 is 5.97 Å². The summed E-state index contributed by atoms with van der Waals surface area (Å²) in [5.74, 6) is -0.149. The van der Waals surface area contributed by atoms with E-state index in [2.05, 4.69) is 0 Å². The fraction of sp³-hybridized carbons (Fsp3) is 0.364. The normalized spacial score (nSPS) is 10.4. The van der Waals surface area contributed by atoms with Crippen molar-refractivity contribution >= 4 is 29.3 Å². The number of carboxylic acid groups (broad SMARTS) is 1. The van der Waals surface area contributed by atoms with Crippen LogP contribution in [0.25, 0.3) is 0 Å². The molecule has 1 aromatic rings. The fourth-order valence-electron chi connectivity index (χ4n) is 1.16. The number of benzene rings is 1. The Morgan fingerprint density at radius 3 is 2.75 bits per heavy atom. The summed E-state index contributed by atoms with van der Waals surface area (Å²) in [5, 5.41) is 17.7. The van der Waals surface area contributed by atoms with Crippen LogP contribution in [0.1, 0.15) is 23.2 Å². The Labute approximate surface area is 103 Å². The number of thioether (sulfide) groups is 1. The molecular formula is C11H13ClO3S. The third kappa shape index (κ3) is 4.04. The monoisotopic (exact) mass is 260 g/mol. The molecule has 1 aromatic carbocycles. The van der Waals surface area contributed by atoms with E-state index in [4.69, 9.17) is 21.8 Å². The van der Waals surface area contributed by atoms with Gasteiger partial charge in [0, 0.05) is 11.5 Å². The Balaban J connectivity index is 2.61. The first-order chi connectivity index (χ1) is 7.65. The highest BCUT2D eigenvalue weighted by atomic mass is 35.5. The molecule has 0 heterocycles. The second-order valence-corrected chi connectivity index (χ2v) is 4.80. The molecule has 0 fully saturated rings. The largest absolute Gasteiger partial charge is 0.478 e. The molecule has 0 unspecified atom stereocenters. The Morgan fingerprint density at radius 2 is 2.12 bits per heavy atom. The Morgan fingerprint density at radius 1 is 1.38 bits per heavy atom. The van der Waals surface area contributed by atoms with Crippen LogP contribution < -0.4 is 0 Å². The van der Waals surface area contributed by atoms with Gasteiger partial charge in [-0.15, -0.1) is 11.8 Å². The minimum absolute atomic E-state index is 0.133. The van der Waals surface area contributed by atoms with Crippen LogP contribution in [0.15, 0.2) is 23.1 Å². The number of carbonyl (C=O) groups is 1. The minimum atomic E-state index is -1.01. The van der Waals surface area contributed by atoms with Gasteiger partial charge in [-0.2, -0.15) is 0 Å². The summed E-state index contributed by atoms with van der Waals surface area (Å²) in [6, 6.07) is 4.98. The van der Waals surface area contributed by atoms with Crippen molar-refractivity contribution in [3.8, 4) is 0 Å². The SMILES string of the molecule is O=C(O)c1cc(SCCCCO)ccc1Cl. The van der Waals surface area contributed by atoms with E-state index in [0.717, 1.165) is 23.5 Å². The lowest BCUT2D eigenvalue weighted by Gasteiger charge is -2.04. The molecule has 16 heavy (non-hydrogen) atoms. The molecule has 0 bridgehead atoms. The predicted molar refractivity (Wildman–Crippen MR) is 65.5 cm³/mol.